The van der Waals surface area contributed by atoms with Crippen molar-refractivity contribution in [3.8, 4) is 0 Å². The van der Waals surface area contributed by atoms with Crippen LogP contribution < -0.4 is 5.32 Å². The second kappa shape index (κ2) is 8.70. The minimum absolute atomic E-state index is 0.0212. The van der Waals surface area contributed by atoms with Gasteiger partial charge in [-0.05, 0) is 56.6 Å². The molecule has 1 aliphatic heterocycles. The van der Waals surface area contributed by atoms with Gasteiger partial charge in [0.2, 0.25) is 11.8 Å². The van der Waals surface area contributed by atoms with Crippen LogP contribution in [0, 0.1) is 11.8 Å². The molecule has 1 aromatic carbocycles. The van der Waals surface area contributed by atoms with E-state index in [4.69, 9.17) is 11.6 Å². The predicted molar refractivity (Wildman–Crippen MR) is 99.2 cm³/mol. The highest BCUT2D eigenvalue weighted by atomic mass is 35.5. The summed E-state index contributed by atoms with van der Waals surface area (Å²) in [6.07, 6.45) is 6.77. The van der Waals surface area contributed by atoms with Crippen LogP contribution in [0.4, 0.5) is 0 Å². The molecule has 0 unspecified atom stereocenters. The van der Waals surface area contributed by atoms with Crippen LogP contribution in [0.15, 0.2) is 24.3 Å². The Morgan fingerprint density at radius 3 is 2.32 bits per heavy atom. The molecule has 0 aromatic heterocycles. The fraction of sp³-hybridized carbons (Fsp3) is 0.600. The van der Waals surface area contributed by atoms with E-state index in [1.807, 2.05) is 29.2 Å². The Hall–Kier alpha value is -1.55. The van der Waals surface area contributed by atoms with Crippen molar-refractivity contribution in [2.45, 2.75) is 51.5 Å². The van der Waals surface area contributed by atoms with Gasteiger partial charge in [0, 0.05) is 36.5 Å². The molecule has 136 valence electrons. The molecule has 1 aliphatic carbocycles. The Bertz CT molecular complexity index is 605. The van der Waals surface area contributed by atoms with E-state index >= 15 is 0 Å². The van der Waals surface area contributed by atoms with E-state index in [1.54, 1.807) is 0 Å². The minimum atomic E-state index is 0.0212. The Kier molecular flexibility index (Phi) is 6.35. The third kappa shape index (κ3) is 4.75. The van der Waals surface area contributed by atoms with Crippen LogP contribution in [0.2, 0.25) is 5.02 Å². The first-order chi connectivity index (χ1) is 12.1. The lowest BCUT2D eigenvalue weighted by molar-refractivity contribution is -0.139. The van der Waals surface area contributed by atoms with Crippen molar-refractivity contribution >= 4 is 23.4 Å². The van der Waals surface area contributed by atoms with Crippen LogP contribution in [0.3, 0.4) is 0 Å². The number of nitrogens with zero attached hydrogens (tertiary/aromatic N) is 1. The number of halogens is 1. The van der Waals surface area contributed by atoms with Gasteiger partial charge in [0.15, 0.2) is 0 Å². The van der Waals surface area contributed by atoms with Crippen molar-refractivity contribution in [3.05, 3.63) is 34.9 Å². The first-order valence-electron chi connectivity index (χ1n) is 9.45. The Balaban J connectivity index is 1.44. The number of carbonyl (C=O) groups excluding carboxylic acids is 2. The van der Waals surface area contributed by atoms with Gasteiger partial charge in [0.1, 0.15) is 0 Å². The summed E-state index contributed by atoms with van der Waals surface area (Å²) in [4.78, 5) is 27.0. The third-order valence-corrected chi connectivity index (χ3v) is 5.89. The van der Waals surface area contributed by atoms with E-state index in [9.17, 15) is 9.59 Å². The summed E-state index contributed by atoms with van der Waals surface area (Å²) in [5, 5.41) is 3.68. The van der Waals surface area contributed by atoms with Gasteiger partial charge in [-0.1, -0.05) is 29.8 Å². The first-order valence-corrected chi connectivity index (χ1v) is 9.83. The van der Waals surface area contributed by atoms with Crippen LogP contribution in [0.1, 0.15) is 50.5 Å². The molecular weight excluding hydrogens is 336 g/mol. The second-order valence-corrected chi connectivity index (χ2v) is 7.65. The zero-order valence-corrected chi connectivity index (χ0v) is 15.4. The molecule has 2 amide bonds. The average molecular weight is 363 g/mol. The lowest BCUT2D eigenvalue weighted by atomic mass is 9.80. The molecule has 0 bridgehead atoms. The summed E-state index contributed by atoms with van der Waals surface area (Å²) >= 11 is 6.13. The summed E-state index contributed by atoms with van der Waals surface area (Å²) < 4.78 is 0. The van der Waals surface area contributed by atoms with E-state index in [-0.39, 0.29) is 17.7 Å². The topological polar surface area (TPSA) is 49.4 Å². The van der Waals surface area contributed by atoms with Crippen molar-refractivity contribution in [2.24, 2.45) is 11.8 Å². The standard InChI is InChI=1S/C20H27ClN2O2/c21-18-7-3-2-6-17(18)14-22-19(24)15-8-10-16(11-9-15)20(25)23-12-4-1-5-13-23/h2-3,6-7,15-16H,1,4-5,8-14H2,(H,22,24). The maximum absolute atomic E-state index is 12.6. The fourth-order valence-electron chi connectivity index (χ4n) is 3.94. The zero-order valence-electron chi connectivity index (χ0n) is 14.7. The minimum Gasteiger partial charge on any atom is -0.352 e. The van der Waals surface area contributed by atoms with Crippen LogP contribution >= 0.6 is 11.6 Å². The SMILES string of the molecule is O=C(NCc1ccccc1Cl)C1CCC(C(=O)N2CCCCC2)CC1. The number of hydrogen-bond acceptors (Lipinski definition) is 2. The van der Waals surface area contributed by atoms with Crippen molar-refractivity contribution < 1.29 is 9.59 Å². The van der Waals surface area contributed by atoms with Crippen molar-refractivity contribution in [2.75, 3.05) is 13.1 Å². The van der Waals surface area contributed by atoms with Gasteiger partial charge in [0.25, 0.3) is 0 Å². The molecular formula is C20H27ClN2O2. The molecule has 1 N–H and O–H groups in total. The summed E-state index contributed by atoms with van der Waals surface area (Å²) in [6.45, 7) is 2.29. The van der Waals surface area contributed by atoms with Gasteiger partial charge in [-0.15, -0.1) is 0 Å². The first kappa shape index (κ1) is 18.2. The number of nitrogens with one attached hydrogen (secondary N) is 1. The Morgan fingerprint density at radius 1 is 1.00 bits per heavy atom. The second-order valence-electron chi connectivity index (χ2n) is 7.24. The van der Waals surface area contributed by atoms with E-state index in [1.165, 1.54) is 6.42 Å². The molecule has 1 aromatic rings. The monoisotopic (exact) mass is 362 g/mol. The molecule has 1 saturated heterocycles. The third-order valence-electron chi connectivity index (χ3n) is 5.53. The molecule has 0 radical (unpaired) electrons. The predicted octanol–water partition coefficient (Wildman–Crippen LogP) is 3.78. The molecule has 1 heterocycles. The van der Waals surface area contributed by atoms with Crippen LogP contribution in [-0.4, -0.2) is 29.8 Å². The fourth-order valence-corrected chi connectivity index (χ4v) is 4.15. The zero-order chi connectivity index (χ0) is 17.6. The van der Waals surface area contributed by atoms with Gasteiger partial charge in [0.05, 0.1) is 0 Å². The van der Waals surface area contributed by atoms with Crippen LogP contribution in [0.25, 0.3) is 0 Å². The number of benzene rings is 1. The number of carbonyl (C=O) groups is 2. The van der Waals surface area contributed by atoms with Gasteiger partial charge in [-0.25, -0.2) is 0 Å². The largest absolute Gasteiger partial charge is 0.352 e. The molecule has 0 spiro atoms. The lowest BCUT2D eigenvalue weighted by Crippen LogP contribution is -2.42. The molecule has 1 saturated carbocycles. The molecule has 2 fully saturated rings. The quantitative estimate of drug-likeness (QED) is 0.886. The normalized spacial score (nSPS) is 24.0. The van der Waals surface area contributed by atoms with E-state index in [2.05, 4.69) is 5.32 Å². The summed E-state index contributed by atoms with van der Waals surface area (Å²) in [5.41, 5.74) is 0.937. The summed E-state index contributed by atoms with van der Waals surface area (Å²) in [5.74, 6) is 0.539. The highest BCUT2D eigenvalue weighted by molar-refractivity contribution is 6.31. The average Bonchev–Trinajstić information content (AvgIpc) is 2.67. The van der Waals surface area contributed by atoms with E-state index in [0.717, 1.165) is 57.2 Å². The number of likely N-dealkylation sites (tertiary alicyclic amines) is 1. The van der Waals surface area contributed by atoms with E-state index in [0.29, 0.717) is 17.5 Å². The highest BCUT2D eigenvalue weighted by Crippen LogP contribution is 2.31. The maximum Gasteiger partial charge on any atom is 0.225 e. The van der Waals surface area contributed by atoms with Gasteiger partial charge in [-0.2, -0.15) is 0 Å². The van der Waals surface area contributed by atoms with Crippen molar-refractivity contribution in [1.82, 2.24) is 10.2 Å². The van der Waals surface area contributed by atoms with Crippen LogP contribution in [-0.2, 0) is 16.1 Å². The van der Waals surface area contributed by atoms with Crippen LogP contribution in [0.5, 0.6) is 0 Å². The van der Waals surface area contributed by atoms with Crippen molar-refractivity contribution in [3.63, 3.8) is 0 Å². The number of hydrogen-bond donors (Lipinski definition) is 1. The molecule has 4 nitrogen and oxygen atoms in total. The molecule has 2 aliphatic rings. The summed E-state index contributed by atoms with van der Waals surface area (Å²) in [6, 6.07) is 7.57. The van der Waals surface area contributed by atoms with E-state index < -0.39 is 0 Å². The Labute approximate surface area is 154 Å². The number of rotatable bonds is 4. The molecule has 3 rings (SSSR count). The molecule has 5 heteroatoms. The van der Waals surface area contributed by atoms with Gasteiger partial charge < -0.3 is 10.2 Å². The number of amides is 2. The molecule has 0 atom stereocenters. The molecule has 25 heavy (non-hydrogen) atoms. The number of piperidine rings is 1. The smallest absolute Gasteiger partial charge is 0.225 e. The van der Waals surface area contributed by atoms with Crippen molar-refractivity contribution in [1.29, 1.82) is 0 Å². The van der Waals surface area contributed by atoms with Gasteiger partial charge in [-0.3, -0.25) is 9.59 Å². The summed E-state index contributed by atoms with van der Waals surface area (Å²) in [7, 11) is 0. The van der Waals surface area contributed by atoms with Gasteiger partial charge >= 0.3 is 0 Å². The maximum atomic E-state index is 12.6. The highest BCUT2D eigenvalue weighted by Gasteiger charge is 2.32. The lowest BCUT2D eigenvalue weighted by Gasteiger charge is -2.33. The Morgan fingerprint density at radius 2 is 1.64 bits per heavy atom.